The first-order chi connectivity index (χ1) is 17.6. The van der Waals surface area contributed by atoms with E-state index in [0.29, 0.717) is 26.4 Å². The van der Waals surface area contributed by atoms with Gasteiger partial charge in [0.05, 0.1) is 26.4 Å². The highest BCUT2D eigenvalue weighted by Gasteiger charge is 2.60. The van der Waals surface area contributed by atoms with E-state index >= 15 is 0 Å². The summed E-state index contributed by atoms with van der Waals surface area (Å²) in [6, 6.07) is 9.16. The molecule has 2 aliphatic rings. The van der Waals surface area contributed by atoms with Gasteiger partial charge in [-0.1, -0.05) is 55.4 Å². The van der Waals surface area contributed by atoms with Crippen LogP contribution in [-0.2, 0) is 22.7 Å². The number of hydrogen-bond donors (Lipinski definition) is 0. The molecule has 0 saturated heterocycles. The van der Waals surface area contributed by atoms with Crippen molar-refractivity contribution in [1.29, 1.82) is 0 Å². The van der Waals surface area contributed by atoms with E-state index in [1.165, 1.54) is 22.3 Å². The molecule has 204 valence electrons. The molecular weight excluding hydrogens is 460 g/mol. The highest BCUT2D eigenvalue weighted by atomic mass is 16.5. The normalized spacial score (nSPS) is 20.5. The molecule has 4 rings (SSSR count). The molecule has 1 atom stereocenters. The van der Waals surface area contributed by atoms with Crippen molar-refractivity contribution in [1.82, 2.24) is 0 Å². The van der Waals surface area contributed by atoms with E-state index in [-0.39, 0.29) is 16.2 Å². The van der Waals surface area contributed by atoms with Gasteiger partial charge in [0.2, 0.25) is 0 Å². The van der Waals surface area contributed by atoms with Crippen LogP contribution in [0.1, 0.15) is 110 Å². The Labute approximate surface area is 225 Å². The molecule has 0 bridgehead atoms. The van der Waals surface area contributed by atoms with Crippen molar-refractivity contribution < 1.29 is 18.9 Å². The van der Waals surface area contributed by atoms with Crippen LogP contribution >= 0.6 is 0 Å². The maximum absolute atomic E-state index is 6.29. The Morgan fingerprint density at radius 3 is 1.43 bits per heavy atom. The van der Waals surface area contributed by atoms with Gasteiger partial charge in [0.15, 0.2) is 23.0 Å². The van der Waals surface area contributed by atoms with Gasteiger partial charge in [-0.2, -0.15) is 0 Å². The molecule has 2 aromatic carbocycles. The molecule has 1 spiro atoms. The minimum Gasteiger partial charge on any atom is -0.490 e. The minimum absolute atomic E-state index is 0.0331. The molecule has 0 saturated carbocycles. The Hall–Kier alpha value is -2.36. The zero-order chi connectivity index (χ0) is 26.8. The maximum atomic E-state index is 6.29. The highest BCUT2D eigenvalue weighted by molar-refractivity contribution is 5.63. The van der Waals surface area contributed by atoms with Crippen molar-refractivity contribution >= 4 is 0 Å². The molecule has 0 fully saturated rings. The quantitative estimate of drug-likeness (QED) is 0.289. The Morgan fingerprint density at radius 1 is 0.568 bits per heavy atom. The van der Waals surface area contributed by atoms with Crippen LogP contribution in [0, 0.1) is 0 Å². The fourth-order valence-corrected chi connectivity index (χ4v) is 6.61. The standard InChI is InChI=1S/C33H48O4/c1-9-13-34-27-17-23-21-33(32(7,8)24(23)18-28(27)35-14-10-2)22-31(5,6)25-19-29(36-15-11-3)30(20-26(25)33)37-16-12-4/h17-20H,9-16,21-22H2,1-8H3. The Bertz CT molecular complexity index is 1100. The lowest BCUT2D eigenvalue weighted by Crippen LogP contribution is -2.41. The third-order valence-electron chi connectivity index (χ3n) is 8.45. The van der Waals surface area contributed by atoms with Crippen LogP contribution < -0.4 is 18.9 Å². The summed E-state index contributed by atoms with van der Waals surface area (Å²) in [4.78, 5) is 0. The molecule has 0 aliphatic heterocycles. The summed E-state index contributed by atoms with van der Waals surface area (Å²) in [5, 5.41) is 0. The van der Waals surface area contributed by atoms with Crippen LogP contribution in [0.25, 0.3) is 0 Å². The van der Waals surface area contributed by atoms with Crippen LogP contribution in [-0.4, -0.2) is 26.4 Å². The Morgan fingerprint density at radius 2 is 0.973 bits per heavy atom. The van der Waals surface area contributed by atoms with Crippen LogP contribution in [0.3, 0.4) is 0 Å². The minimum atomic E-state index is -0.0771. The fourth-order valence-electron chi connectivity index (χ4n) is 6.61. The molecule has 0 amide bonds. The van der Waals surface area contributed by atoms with E-state index in [0.717, 1.165) is 61.5 Å². The van der Waals surface area contributed by atoms with E-state index < -0.39 is 0 Å². The zero-order valence-corrected chi connectivity index (χ0v) is 24.5. The number of hydrogen-bond acceptors (Lipinski definition) is 4. The summed E-state index contributed by atoms with van der Waals surface area (Å²) in [6.45, 7) is 21.0. The van der Waals surface area contributed by atoms with Crippen molar-refractivity contribution in [2.24, 2.45) is 0 Å². The second kappa shape index (κ2) is 10.8. The molecular formula is C33H48O4. The van der Waals surface area contributed by atoms with Gasteiger partial charge in [-0.3, -0.25) is 0 Å². The van der Waals surface area contributed by atoms with Gasteiger partial charge in [-0.15, -0.1) is 0 Å². The van der Waals surface area contributed by atoms with Crippen LogP contribution in [0.15, 0.2) is 24.3 Å². The predicted octanol–water partition coefficient (Wildman–Crippen LogP) is 8.29. The average molecular weight is 509 g/mol. The number of rotatable bonds is 12. The molecule has 1 unspecified atom stereocenters. The molecule has 4 nitrogen and oxygen atoms in total. The van der Waals surface area contributed by atoms with Gasteiger partial charge in [0.25, 0.3) is 0 Å². The molecule has 4 heteroatoms. The average Bonchev–Trinajstić information content (AvgIpc) is 3.22. The predicted molar refractivity (Wildman–Crippen MR) is 152 cm³/mol. The first kappa shape index (κ1) is 27.7. The Kier molecular flexibility index (Phi) is 8.07. The summed E-state index contributed by atoms with van der Waals surface area (Å²) in [5.41, 5.74) is 5.50. The summed E-state index contributed by atoms with van der Waals surface area (Å²) in [6.07, 6.45) is 5.97. The topological polar surface area (TPSA) is 36.9 Å². The lowest BCUT2D eigenvalue weighted by molar-refractivity contribution is 0.240. The van der Waals surface area contributed by atoms with E-state index in [2.05, 4.69) is 79.7 Å². The zero-order valence-electron chi connectivity index (χ0n) is 24.5. The maximum Gasteiger partial charge on any atom is 0.161 e. The van der Waals surface area contributed by atoms with Crippen molar-refractivity contribution in [2.45, 2.75) is 110 Å². The van der Waals surface area contributed by atoms with Crippen molar-refractivity contribution in [2.75, 3.05) is 26.4 Å². The molecule has 0 heterocycles. The highest BCUT2D eigenvalue weighted by Crippen LogP contribution is 2.65. The van der Waals surface area contributed by atoms with Gasteiger partial charge in [-0.05, 0) is 90.5 Å². The van der Waals surface area contributed by atoms with E-state index in [9.17, 15) is 0 Å². The Balaban J connectivity index is 1.85. The van der Waals surface area contributed by atoms with Crippen molar-refractivity contribution in [3.8, 4) is 23.0 Å². The molecule has 37 heavy (non-hydrogen) atoms. The summed E-state index contributed by atoms with van der Waals surface area (Å²) >= 11 is 0. The molecule has 2 aromatic rings. The molecule has 0 aromatic heterocycles. The monoisotopic (exact) mass is 508 g/mol. The van der Waals surface area contributed by atoms with Crippen molar-refractivity contribution in [3.63, 3.8) is 0 Å². The van der Waals surface area contributed by atoms with Gasteiger partial charge in [0, 0.05) is 10.8 Å². The molecule has 0 N–H and O–H groups in total. The van der Waals surface area contributed by atoms with Crippen LogP contribution in [0.2, 0.25) is 0 Å². The third-order valence-corrected chi connectivity index (χ3v) is 8.45. The first-order valence-electron chi connectivity index (χ1n) is 14.5. The molecule has 2 aliphatic carbocycles. The first-order valence-corrected chi connectivity index (χ1v) is 14.5. The van der Waals surface area contributed by atoms with Gasteiger partial charge in [0.1, 0.15) is 0 Å². The number of benzene rings is 2. The van der Waals surface area contributed by atoms with Crippen molar-refractivity contribution in [3.05, 3.63) is 46.5 Å². The lowest BCUT2D eigenvalue weighted by atomic mass is 9.61. The summed E-state index contributed by atoms with van der Waals surface area (Å²) < 4.78 is 24.9. The number of ether oxygens (including phenoxy) is 4. The van der Waals surface area contributed by atoms with Crippen LogP contribution in [0.5, 0.6) is 23.0 Å². The van der Waals surface area contributed by atoms with E-state index in [1.807, 2.05) is 0 Å². The lowest BCUT2D eigenvalue weighted by Gasteiger charge is -2.41. The number of fused-ring (bicyclic) bond motifs is 3. The van der Waals surface area contributed by atoms with E-state index in [4.69, 9.17) is 18.9 Å². The van der Waals surface area contributed by atoms with Gasteiger partial charge in [-0.25, -0.2) is 0 Å². The van der Waals surface area contributed by atoms with Gasteiger partial charge < -0.3 is 18.9 Å². The SMILES string of the molecule is CCCOc1cc2c(cc1OCCC)C(C)(C)C1(C2)CC(C)(C)c2cc(OCCC)c(OCCC)cc21. The third kappa shape index (κ3) is 4.81. The van der Waals surface area contributed by atoms with E-state index in [1.54, 1.807) is 0 Å². The smallest absolute Gasteiger partial charge is 0.161 e. The second-order valence-electron chi connectivity index (χ2n) is 12.1. The van der Waals surface area contributed by atoms with Crippen LogP contribution in [0.4, 0.5) is 0 Å². The summed E-state index contributed by atoms with van der Waals surface area (Å²) in [7, 11) is 0. The molecule has 0 radical (unpaired) electrons. The largest absolute Gasteiger partial charge is 0.490 e. The summed E-state index contributed by atoms with van der Waals surface area (Å²) in [5.74, 6) is 3.54. The van der Waals surface area contributed by atoms with Gasteiger partial charge >= 0.3 is 0 Å². The second-order valence-corrected chi connectivity index (χ2v) is 12.1. The fraction of sp³-hybridized carbons (Fsp3) is 0.636.